The lowest BCUT2D eigenvalue weighted by Gasteiger charge is -2.21. The number of aliphatic hydroxyl groups excluding tert-OH is 1. The molecular formula is C13H19F2NO3S. The molecule has 1 rings (SSSR count). The van der Waals surface area contributed by atoms with E-state index >= 15 is 0 Å². The minimum atomic E-state index is -4.02. The summed E-state index contributed by atoms with van der Waals surface area (Å²) in [6.07, 6.45) is 1.18. The Kier molecular flexibility index (Phi) is 6.04. The second kappa shape index (κ2) is 7.10. The van der Waals surface area contributed by atoms with Crippen LogP contribution in [-0.2, 0) is 16.6 Å². The predicted molar refractivity (Wildman–Crippen MR) is 71.6 cm³/mol. The Bertz CT molecular complexity index is 555. The molecule has 0 saturated carbocycles. The first-order chi connectivity index (χ1) is 9.39. The number of hydrogen-bond acceptors (Lipinski definition) is 3. The SMILES string of the molecule is CCCN(CCC)S(=O)(=O)c1ccc(F)c(CO)c1F. The summed E-state index contributed by atoms with van der Waals surface area (Å²) in [5.41, 5.74) is -0.626. The molecule has 0 atom stereocenters. The van der Waals surface area contributed by atoms with Crippen LogP contribution in [0.5, 0.6) is 0 Å². The average molecular weight is 307 g/mol. The average Bonchev–Trinajstić information content (AvgIpc) is 2.38. The van der Waals surface area contributed by atoms with Crippen LogP contribution in [0.2, 0.25) is 0 Å². The van der Waals surface area contributed by atoms with Gasteiger partial charge in [-0.25, -0.2) is 17.2 Å². The summed E-state index contributed by atoms with van der Waals surface area (Å²) in [4.78, 5) is -0.593. The predicted octanol–water partition coefficient (Wildman–Crippen LogP) is 2.27. The van der Waals surface area contributed by atoms with E-state index in [1.807, 2.05) is 13.8 Å². The molecule has 0 amide bonds. The van der Waals surface area contributed by atoms with Crippen molar-refractivity contribution in [2.24, 2.45) is 0 Å². The molecule has 0 aliphatic carbocycles. The number of sulfonamides is 1. The van der Waals surface area contributed by atoms with Crippen LogP contribution in [0.3, 0.4) is 0 Å². The molecule has 1 aromatic rings. The number of rotatable bonds is 7. The minimum Gasteiger partial charge on any atom is -0.391 e. The Labute approximate surface area is 118 Å². The van der Waals surface area contributed by atoms with Gasteiger partial charge in [-0.05, 0) is 25.0 Å². The maximum atomic E-state index is 14.1. The van der Waals surface area contributed by atoms with Crippen LogP contribution < -0.4 is 0 Å². The van der Waals surface area contributed by atoms with Crippen LogP contribution in [0.25, 0.3) is 0 Å². The van der Waals surface area contributed by atoms with Crippen molar-refractivity contribution in [2.75, 3.05) is 13.1 Å². The van der Waals surface area contributed by atoms with E-state index in [0.717, 1.165) is 12.1 Å². The summed E-state index contributed by atoms with van der Waals surface area (Å²) >= 11 is 0. The molecule has 4 nitrogen and oxygen atoms in total. The van der Waals surface area contributed by atoms with Gasteiger partial charge in [-0.1, -0.05) is 13.8 Å². The molecular weight excluding hydrogens is 288 g/mol. The first kappa shape index (κ1) is 17.0. The number of aliphatic hydroxyl groups is 1. The topological polar surface area (TPSA) is 57.6 Å². The van der Waals surface area contributed by atoms with Crippen LogP contribution in [0.1, 0.15) is 32.3 Å². The highest BCUT2D eigenvalue weighted by molar-refractivity contribution is 7.89. The zero-order chi connectivity index (χ0) is 15.3. The zero-order valence-electron chi connectivity index (χ0n) is 11.6. The van der Waals surface area contributed by atoms with Gasteiger partial charge in [-0.15, -0.1) is 0 Å². The molecule has 0 fully saturated rings. The minimum absolute atomic E-state index is 0.265. The van der Waals surface area contributed by atoms with Gasteiger partial charge in [0.05, 0.1) is 12.2 Å². The number of benzene rings is 1. The standard InChI is InChI=1S/C13H19F2NO3S/c1-3-7-16(8-4-2)20(18,19)12-6-5-11(14)10(9-17)13(12)15/h5-6,17H,3-4,7-9H2,1-2H3. The Balaban J connectivity index is 3.34. The fraction of sp³-hybridized carbons (Fsp3) is 0.538. The quantitative estimate of drug-likeness (QED) is 0.840. The van der Waals surface area contributed by atoms with Crippen molar-refractivity contribution < 1.29 is 22.3 Å². The molecule has 0 aliphatic heterocycles. The maximum absolute atomic E-state index is 14.1. The van der Waals surface area contributed by atoms with Crippen molar-refractivity contribution in [3.8, 4) is 0 Å². The van der Waals surface area contributed by atoms with E-state index in [-0.39, 0.29) is 13.1 Å². The lowest BCUT2D eigenvalue weighted by molar-refractivity contribution is 0.267. The highest BCUT2D eigenvalue weighted by atomic mass is 32.2. The van der Waals surface area contributed by atoms with Gasteiger partial charge in [0.2, 0.25) is 10.0 Å². The van der Waals surface area contributed by atoms with Crippen LogP contribution in [-0.4, -0.2) is 30.9 Å². The monoisotopic (exact) mass is 307 g/mol. The van der Waals surface area contributed by atoms with Crippen molar-refractivity contribution >= 4 is 10.0 Å². The first-order valence-corrected chi connectivity index (χ1v) is 7.92. The van der Waals surface area contributed by atoms with Gasteiger partial charge in [0.15, 0.2) is 5.82 Å². The highest BCUT2D eigenvalue weighted by Crippen LogP contribution is 2.24. The molecule has 1 N–H and O–H groups in total. The Morgan fingerprint density at radius 2 is 1.70 bits per heavy atom. The second-order valence-electron chi connectivity index (χ2n) is 4.40. The molecule has 1 aromatic carbocycles. The molecule has 0 radical (unpaired) electrons. The smallest absolute Gasteiger partial charge is 0.245 e. The van der Waals surface area contributed by atoms with E-state index in [2.05, 4.69) is 0 Å². The van der Waals surface area contributed by atoms with Gasteiger partial charge >= 0.3 is 0 Å². The van der Waals surface area contributed by atoms with E-state index in [1.165, 1.54) is 4.31 Å². The van der Waals surface area contributed by atoms with Crippen molar-refractivity contribution in [1.82, 2.24) is 4.31 Å². The Morgan fingerprint density at radius 3 is 2.15 bits per heavy atom. The van der Waals surface area contributed by atoms with Gasteiger partial charge < -0.3 is 5.11 Å². The van der Waals surface area contributed by atoms with E-state index in [9.17, 15) is 17.2 Å². The van der Waals surface area contributed by atoms with Gasteiger partial charge in [0.1, 0.15) is 10.7 Å². The summed E-state index contributed by atoms with van der Waals surface area (Å²) in [7, 11) is -4.02. The zero-order valence-corrected chi connectivity index (χ0v) is 12.4. The number of nitrogens with zero attached hydrogens (tertiary/aromatic N) is 1. The lowest BCUT2D eigenvalue weighted by Crippen LogP contribution is -2.33. The lowest BCUT2D eigenvalue weighted by atomic mass is 10.2. The van der Waals surface area contributed by atoms with Crippen molar-refractivity contribution in [3.63, 3.8) is 0 Å². The first-order valence-electron chi connectivity index (χ1n) is 6.48. The molecule has 0 aromatic heterocycles. The van der Waals surface area contributed by atoms with E-state index in [1.54, 1.807) is 0 Å². The molecule has 20 heavy (non-hydrogen) atoms. The Hall–Kier alpha value is -1.05. The summed E-state index contributed by atoms with van der Waals surface area (Å²) in [6.45, 7) is 3.28. The van der Waals surface area contributed by atoms with Crippen molar-refractivity contribution in [3.05, 3.63) is 29.3 Å². The van der Waals surface area contributed by atoms with Crippen LogP contribution in [0.15, 0.2) is 17.0 Å². The molecule has 0 bridgehead atoms. The van der Waals surface area contributed by atoms with Gasteiger partial charge in [-0.2, -0.15) is 4.31 Å². The van der Waals surface area contributed by atoms with Gasteiger partial charge in [0, 0.05) is 13.1 Å². The molecule has 114 valence electrons. The van der Waals surface area contributed by atoms with E-state index in [0.29, 0.717) is 12.8 Å². The molecule has 0 heterocycles. The highest BCUT2D eigenvalue weighted by Gasteiger charge is 2.28. The van der Waals surface area contributed by atoms with Crippen molar-refractivity contribution in [2.45, 2.75) is 38.2 Å². The van der Waals surface area contributed by atoms with E-state index in [4.69, 9.17) is 5.11 Å². The maximum Gasteiger partial charge on any atom is 0.245 e. The van der Waals surface area contributed by atoms with E-state index < -0.39 is 38.7 Å². The molecule has 0 saturated heterocycles. The molecule has 0 spiro atoms. The third-order valence-electron chi connectivity index (χ3n) is 2.87. The van der Waals surface area contributed by atoms with Crippen LogP contribution >= 0.6 is 0 Å². The largest absolute Gasteiger partial charge is 0.391 e. The van der Waals surface area contributed by atoms with Gasteiger partial charge in [0.25, 0.3) is 0 Å². The Morgan fingerprint density at radius 1 is 1.15 bits per heavy atom. The fourth-order valence-corrected chi connectivity index (χ4v) is 3.62. The third kappa shape index (κ3) is 3.34. The normalized spacial score (nSPS) is 12.1. The van der Waals surface area contributed by atoms with Crippen LogP contribution in [0.4, 0.5) is 8.78 Å². The van der Waals surface area contributed by atoms with Gasteiger partial charge in [-0.3, -0.25) is 0 Å². The third-order valence-corrected chi connectivity index (χ3v) is 4.79. The molecule has 0 unspecified atom stereocenters. The summed E-state index contributed by atoms with van der Waals surface area (Å²) in [5.74, 6) is -2.17. The summed E-state index contributed by atoms with van der Waals surface area (Å²) in [6, 6.07) is 1.76. The molecule has 0 aliphatic rings. The number of halogens is 2. The molecule has 7 heteroatoms. The van der Waals surface area contributed by atoms with Crippen molar-refractivity contribution in [1.29, 1.82) is 0 Å². The second-order valence-corrected chi connectivity index (χ2v) is 6.31. The fourth-order valence-electron chi connectivity index (χ4n) is 1.91. The van der Waals surface area contributed by atoms with Crippen LogP contribution in [0, 0.1) is 11.6 Å². The summed E-state index contributed by atoms with van der Waals surface area (Å²) < 4.78 is 53.3. The summed E-state index contributed by atoms with van der Waals surface area (Å²) in [5, 5.41) is 8.95. The number of hydrogen-bond donors (Lipinski definition) is 1.